The number of aryl methyl sites for hydroxylation is 4. The van der Waals surface area contributed by atoms with Crippen LogP contribution >= 0.6 is 0 Å². The highest BCUT2D eigenvalue weighted by Gasteiger charge is 2.37. The molecule has 7 nitrogen and oxygen atoms in total. The van der Waals surface area contributed by atoms with Crippen molar-refractivity contribution in [3.63, 3.8) is 0 Å². The summed E-state index contributed by atoms with van der Waals surface area (Å²) in [7, 11) is 3.46. The van der Waals surface area contributed by atoms with E-state index in [1.165, 1.54) is 0 Å². The smallest absolute Gasteiger partial charge is 0.416 e. The summed E-state index contributed by atoms with van der Waals surface area (Å²) in [6.45, 7) is 9.52. The fourth-order valence-corrected chi connectivity index (χ4v) is 6.38. The Labute approximate surface area is 279 Å². The Morgan fingerprint density at radius 1 is 1.02 bits per heavy atom. The molecule has 0 radical (unpaired) electrons. The van der Waals surface area contributed by atoms with E-state index in [1.807, 2.05) is 32.9 Å². The fourth-order valence-electron chi connectivity index (χ4n) is 6.38. The van der Waals surface area contributed by atoms with E-state index < -0.39 is 53.5 Å². The molecular weight excluding hydrogens is 626 g/mol. The van der Waals surface area contributed by atoms with Crippen molar-refractivity contribution in [1.82, 2.24) is 14.8 Å². The minimum atomic E-state index is -4.76. The van der Waals surface area contributed by atoms with Gasteiger partial charge in [-0.3, -0.25) is 14.4 Å². The number of nitrogens with one attached hydrogen (secondary N) is 1. The van der Waals surface area contributed by atoms with Crippen molar-refractivity contribution in [2.45, 2.75) is 85.0 Å². The Balaban J connectivity index is 1.81. The molecule has 0 saturated heterocycles. The number of likely N-dealkylation sites (N-methyl/N-ethyl adjacent to an activating group) is 1. The van der Waals surface area contributed by atoms with E-state index in [2.05, 4.69) is 5.32 Å². The van der Waals surface area contributed by atoms with E-state index in [-0.39, 0.29) is 43.0 Å². The molecule has 11 heteroatoms. The average Bonchev–Trinajstić information content (AvgIpc) is 3.80. The minimum Gasteiger partial charge on any atom is -0.466 e. The molecule has 4 rings (SSSR count). The number of benzene rings is 2. The third-order valence-electron chi connectivity index (χ3n) is 8.81. The van der Waals surface area contributed by atoms with Crippen molar-refractivity contribution in [2.24, 2.45) is 5.92 Å². The molecule has 0 aliphatic heterocycles. The lowest BCUT2D eigenvalue weighted by molar-refractivity contribution is -0.144. The van der Waals surface area contributed by atoms with E-state index >= 15 is 4.39 Å². The van der Waals surface area contributed by atoms with Crippen LogP contribution in [0.3, 0.4) is 0 Å². The van der Waals surface area contributed by atoms with E-state index in [0.717, 1.165) is 45.9 Å². The molecule has 0 bridgehead atoms. The van der Waals surface area contributed by atoms with Gasteiger partial charge in [-0.1, -0.05) is 30.5 Å². The van der Waals surface area contributed by atoms with Crippen molar-refractivity contribution in [3.05, 3.63) is 91.6 Å². The third kappa shape index (κ3) is 8.92. The number of carbonyl (C=O) groups is 2. The number of ether oxygens (including phenoxy) is 1. The maximum atomic E-state index is 16.0. The molecule has 2 unspecified atom stereocenters. The topological polar surface area (TPSA) is 80.6 Å². The Bertz CT molecular complexity index is 1700. The van der Waals surface area contributed by atoms with Crippen LogP contribution in [0.1, 0.15) is 83.6 Å². The second-order valence-corrected chi connectivity index (χ2v) is 13.2. The second-order valence-electron chi connectivity index (χ2n) is 13.2. The van der Waals surface area contributed by atoms with Crippen LogP contribution in [0.5, 0.6) is 0 Å². The zero-order chi connectivity index (χ0) is 35.5. The summed E-state index contributed by atoms with van der Waals surface area (Å²) < 4.78 is 64.2. The van der Waals surface area contributed by atoms with Gasteiger partial charge in [0.2, 0.25) is 5.91 Å². The maximum absolute atomic E-state index is 16.0. The predicted octanol–water partition coefficient (Wildman–Crippen LogP) is 7.16. The molecule has 1 aliphatic carbocycles. The molecule has 1 aromatic heterocycles. The number of halogens is 4. The van der Waals surface area contributed by atoms with Gasteiger partial charge in [0.15, 0.2) is 0 Å². The van der Waals surface area contributed by atoms with Crippen molar-refractivity contribution >= 4 is 11.9 Å². The molecule has 0 spiro atoms. The van der Waals surface area contributed by atoms with Crippen LogP contribution in [0.25, 0.3) is 11.1 Å². The summed E-state index contributed by atoms with van der Waals surface area (Å²) in [5.74, 6) is -1.86. The molecule has 1 aliphatic rings. The Kier molecular flexibility index (Phi) is 11.6. The third-order valence-corrected chi connectivity index (χ3v) is 8.81. The molecule has 260 valence electrons. The normalized spacial score (nSPS) is 14.6. The number of esters is 1. The number of pyridine rings is 1. The molecule has 1 N–H and O–H groups in total. The lowest BCUT2D eigenvalue weighted by Crippen LogP contribution is -2.40. The molecule has 1 fully saturated rings. The molecular formula is C37H45F4N3O4. The van der Waals surface area contributed by atoms with Gasteiger partial charge < -0.3 is 19.5 Å². The van der Waals surface area contributed by atoms with Crippen LogP contribution in [-0.2, 0) is 26.9 Å². The largest absolute Gasteiger partial charge is 0.466 e. The number of amides is 1. The summed E-state index contributed by atoms with van der Waals surface area (Å²) in [5.41, 5.74) is 2.92. The van der Waals surface area contributed by atoms with E-state index in [1.54, 1.807) is 45.0 Å². The van der Waals surface area contributed by atoms with E-state index in [4.69, 9.17) is 4.74 Å². The van der Waals surface area contributed by atoms with Crippen LogP contribution in [0.15, 0.2) is 41.3 Å². The number of hydrogen-bond acceptors (Lipinski definition) is 5. The lowest BCUT2D eigenvalue weighted by Gasteiger charge is -2.26. The van der Waals surface area contributed by atoms with E-state index in [0.29, 0.717) is 17.2 Å². The van der Waals surface area contributed by atoms with Crippen LogP contribution in [0, 0.1) is 39.4 Å². The van der Waals surface area contributed by atoms with Gasteiger partial charge in [-0.05, 0) is 113 Å². The molecule has 1 heterocycles. The van der Waals surface area contributed by atoms with Crippen LogP contribution in [0.4, 0.5) is 17.6 Å². The van der Waals surface area contributed by atoms with Crippen molar-refractivity contribution < 1.29 is 31.9 Å². The Morgan fingerprint density at radius 3 is 2.23 bits per heavy atom. The molecule has 1 amide bonds. The summed E-state index contributed by atoms with van der Waals surface area (Å²) in [6.07, 6.45) is -2.19. The highest BCUT2D eigenvalue weighted by Crippen LogP contribution is 2.39. The van der Waals surface area contributed by atoms with Crippen LogP contribution in [-0.4, -0.2) is 48.6 Å². The highest BCUT2D eigenvalue weighted by molar-refractivity contribution is 5.82. The summed E-state index contributed by atoms with van der Waals surface area (Å²) in [6, 6.07) is 5.58. The summed E-state index contributed by atoms with van der Waals surface area (Å²) >= 11 is 0. The molecule has 1 saturated carbocycles. The number of aromatic nitrogens is 1. The first-order chi connectivity index (χ1) is 22.5. The first kappa shape index (κ1) is 36.8. The number of hydrogen-bond donors (Lipinski definition) is 1. The molecule has 3 aromatic rings. The number of nitrogens with zero attached hydrogens (tertiary/aromatic N) is 2. The van der Waals surface area contributed by atoms with Crippen LogP contribution < -0.4 is 10.9 Å². The zero-order valence-corrected chi connectivity index (χ0v) is 28.7. The number of alkyl halides is 3. The highest BCUT2D eigenvalue weighted by atomic mass is 19.4. The lowest BCUT2D eigenvalue weighted by atomic mass is 9.89. The second kappa shape index (κ2) is 15.1. The van der Waals surface area contributed by atoms with Crippen molar-refractivity contribution in [2.75, 3.05) is 27.2 Å². The van der Waals surface area contributed by atoms with Crippen molar-refractivity contribution in [3.8, 4) is 11.1 Å². The number of rotatable bonds is 13. The quantitative estimate of drug-likeness (QED) is 0.154. The van der Waals surface area contributed by atoms with Gasteiger partial charge in [0.25, 0.3) is 5.56 Å². The van der Waals surface area contributed by atoms with Crippen LogP contribution in [0.2, 0.25) is 0 Å². The number of carbonyl (C=O) groups excluding carboxylic acids is 2. The van der Waals surface area contributed by atoms with Gasteiger partial charge in [-0.2, -0.15) is 13.2 Å². The Morgan fingerprint density at radius 2 is 1.67 bits per heavy atom. The van der Waals surface area contributed by atoms with Gasteiger partial charge in [-0.25, -0.2) is 4.39 Å². The first-order valence-electron chi connectivity index (χ1n) is 16.3. The van der Waals surface area contributed by atoms with E-state index in [9.17, 15) is 27.6 Å². The average molecular weight is 672 g/mol. The molecule has 48 heavy (non-hydrogen) atoms. The standard InChI is InChI=1S/C37H45F4N3O4/c1-8-48-33(46)19-30(28-17-27(15-24(5)35(28)38)34-22(3)13-21(2)14-23(34)4)42-36(47)31(16-25-9-10-25)44-20-26(11-12-43(6)7)29(18-32(44)45)37(39,40)41/h13-15,17-18,20,25,30-31H,8-12,16,19H2,1-7H3,(H,42,47). The fraction of sp³-hybridized carbons (Fsp3) is 0.486. The van der Waals surface area contributed by atoms with Gasteiger partial charge in [0.1, 0.15) is 11.9 Å². The molecule has 2 atom stereocenters. The van der Waals surface area contributed by atoms with Crippen molar-refractivity contribution in [1.29, 1.82) is 0 Å². The van der Waals surface area contributed by atoms with Gasteiger partial charge in [0.05, 0.1) is 24.6 Å². The first-order valence-corrected chi connectivity index (χ1v) is 16.3. The van der Waals surface area contributed by atoms with Gasteiger partial charge in [-0.15, -0.1) is 0 Å². The maximum Gasteiger partial charge on any atom is 0.416 e. The zero-order valence-electron chi connectivity index (χ0n) is 28.7. The SMILES string of the molecule is CCOC(=O)CC(NC(=O)C(CC1CC1)n1cc(CCN(C)C)c(C(F)(F)F)cc1=O)c1cc(-c2c(C)cc(C)cc2C)cc(C)c1F. The predicted molar refractivity (Wildman–Crippen MR) is 177 cm³/mol. The summed E-state index contributed by atoms with van der Waals surface area (Å²) in [5, 5.41) is 2.81. The van der Waals surface area contributed by atoms with Gasteiger partial charge >= 0.3 is 12.1 Å². The van der Waals surface area contributed by atoms with Gasteiger partial charge in [0, 0.05) is 24.4 Å². The minimum absolute atomic E-state index is 0.000495. The molecule has 2 aromatic carbocycles. The monoisotopic (exact) mass is 671 g/mol. The summed E-state index contributed by atoms with van der Waals surface area (Å²) in [4.78, 5) is 42.0. The Hall–Kier alpha value is -3.99.